The Morgan fingerprint density at radius 1 is 1.06 bits per heavy atom. The number of hydrogen-bond acceptors (Lipinski definition) is 1. The third-order valence-electron chi connectivity index (χ3n) is 2.96. The molecule has 0 fully saturated rings. The Hall–Kier alpha value is -1.74. The van der Waals surface area contributed by atoms with Gasteiger partial charge in [-0.3, -0.25) is 4.98 Å². The van der Waals surface area contributed by atoms with Crippen LogP contribution in [0.4, 0.5) is 0 Å². The smallest absolute Gasteiger partial charge is 0.211 e. The Labute approximate surface area is 117 Å². The van der Waals surface area contributed by atoms with Crippen LogP contribution in [0.2, 0.25) is 0 Å². The van der Waals surface area contributed by atoms with Crippen LogP contribution in [0, 0.1) is 6.92 Å². The summed E-state index contributed by atoms with van der Waals surface area (Å²) in [6.45, 7) is 2.13. The number of rotatable bonds is 1. The van der Waals surface area contributed by atoms with Crippen molar-refractivity contribution in [3.8, 4) is 11.1 Å². The van der Waals surface area contributed by atoms with E-state index in [2.05, 4.69) is 46.9 Å². The second kappa shape index (κ2) is 5.27. The predicted molar refractivity (Wildman–Crippen MR) is 67.6 cm³/mol. The molecule has 3 aromatic heterocycles. The van der Waals surface area contributed by atoms with Crippen molar-refractivity contribution in [2.75, 3.05) is 0 Å². The largest absolute Gasteiger partial charge is 1.00 e. The van der Waals surface area contributed by atoms with Crippen LogP contribution in [0.5, 0.6) is 0 Å². The van der Waals surface area contributed by atoms with E-state index in [-0.39, 0.29) is 17.0 Å². The van der Waals surface area contributed by atoms with E-state index in [9.17, 15) is 0 Å². The van der Waals surface area contributed by atoms with E-state index < -0.39 is 0 Å². The first kappa shape index (κ1) is 12.7. The van der Waals surface area contributed by atoms with Crippen molar-refractivity contribution in [1.82, 2.24) is 4.98 Å². The van der Waals surface area contributed by atoms with Gasteiger partial charge in [-0.2, -0.15) is 4.40 Å². The molecular formula is C15H13BrN2. The van der Waals surface area contributed by atoms with Crippen molar-refractivity contribution in [1.29, 1.82) is 0 Å². The molecule has 90 valence electrons. The molecule has 0 aliphatic rings. The lowest BCUT2D eigenvalue weighted by molar-refractivity contribution is -0.512. The molecule has 0 saturated carbocycles. The average molecular weight is 301 g/mol. The quantitative estimate of drug-likeness (QED) is 0.569. The van der Waals surface area contributed by atoms with Crippen molar-refractivity contribution in [3.63, 3.8) is 0 Å². The number of fused-ring (bicyclic) bond motifs is 1. The van der Waals surface area contributed by atoms with Crippen LogP contribution in [0.1, 0.15) is 5.56 Å². The molecule has 0 amide bonds. The normalized spacial score (nSPS) is 10.1. The van der Waals surface area contributed by atoms with E-state index in [1.54, 1.807) is 0 Å². The molecule has 0 saturated heterocycles. The first-order valence-electron chi connectivity index (χ1n) is 5.66. The first-order chi connectivity index (χ1) is 8.34. The maximum atomic E-state index is 4.06. The van der Waals surface area contributed by atoms with Gasteiger partial charge in [0.15, 0.2) is 12.4 Å². The second-order valence-electron chi connectivity index (χ2n) is 4.14. The molecule has 3 aromatic rings. The van der Waals surface area contributed by atoms with Gasteiger partial charge in [0.05, 0.1) is 0 Å². The van der Waals surface area contributed by atoms with Gasteiger partial charge in [-0.05, 0) is 36.2 Å². The zero-order valence-electron chi connectivity index (χ0n) is 10.0. The molecule has 18 heavy (non-hydrogen) atoms. The Bertz CT molecular complexity index is 666. The van der Waals surface area contributed by atoms with Gasteiger partial charge < -0.3 is 17.0 Å². The molecule has 3 heteroatoms. The molecule has 0 bridgehead atoms. The maximum Gasteiger partial charge on any atom is 0.211 e. The minimum atomic E-state index is 0. The zero-order chi connectivity index (χ0) is 11.7. The van der Waals surface area contributed by atoms with Gasteiger partial charge in [-0.25, -0.2) is 0 Å². The SMILES string of the molecule is Cc1c[n+]2ccccc2cc1-c1ccncc1.[Br-]. The van der Waals surface area contributed by atoms with Gasteiger partial charge in [0.25, 0.3) is 0 Å². The van der Waals surface area contributed by atoms with Crippen molar-refractivity contribution in [2.45, 2.75) is 6.92 Å². The number of aryl methyl sites for hydroxylation is 1. The molecule has 0 N–H and O–H groups in total. The van der Waals surface area contributed by atoms with Gasteiger partial charge in [-0.15, -0.1) is 0 Å². The summed E-state index contributed by atoms with van der Waals surface area (Å²) in [6, 6.07) is 12.5. The summed E-state index contributed by atoms with van der Waals surface area (Å²) >= 11 is 0. The molecular weight excluding hydrogens is 288 g/mol. The molecule has 3 heterocycles. The third-order valence-corrected chi connectivity index (χ3v) is 2.96. The van der Waals surface area contributed by atoms with E-state index >= 15 is 0 Å². The number of hydrogen-bond donors (Lipinski definition) is 0. The van der Waals surface area contributed by atoms with E-state index in [0.29, 0.717) is 0 Å². The minimum absolute atomic E-state index is 0. The predicted octanol–water partition coefficient (Wildman–Crippen LogP) is -0.200. The molecule has 0 radical (unpaired) electrons. The lowest BCUT2D eigenvalue weighted by Crippen LogP contribution is -3.00. The fourth-order valence-electron chi connectivity index (χ4n) is 2.09. The fraction of sp³-hybridized carbons (Fsp3) is 0.0667. The van der Waals surface area contributed by atoms with Crippen molar-refractivity contribution < 1.29 is 21.4 Å². The summed E-state index contributed by atoms with van der Waals surface area (Å²) in [5.74, 6) is 0. The van der Waals surface area contributed by atoms with Crippen LogP contribution in [0.25, 0.3) is 16.6 Å². The lowest BCUT2D eigenvalue weighted by atomic mass is 10.0. The van der Waals surface area contributed by atoms with Crippen LogP contribution >= 0.6 is 0 Å². The van der Waals surface area contributed by atoms with Gasteiger partial charge >= 0.3 is 0 Å². The molecule has 2 nitrogen and oxygen atoms in total. The molecule has 0 aliphatic heterocycles. The zero-order valence-corrected chi connectivity index (χ0v) is 11.6. The number of aromatic nitrogens is 2. The fourth-order valence-corrected chi connectivity index (χ4v) is 2.09. The number of nitrogens with zero attached hydrogens (tertiary/aromatic N) is 2. The van der Waals surface area contributed by atoms with Crippen LogP contribution in [-0.4, -0.2) is 4.98 Å². The van der Waals surface area contributed by atoms with Crippen LogP contribution in [-0.2, 0) is 0 Å². The van der Waals surface area contributed by atoms with Gasteiger partial charge in [0, 0.05) is 36.2 Å². The molecule has 0 aliphatic carbocycles. The topological polar surface area (TPSA) is 17.0 Å². The standard InChI is InChI=1S/C15H13N2.BrH/c1-12-11-17-9-3-2-4-14(17)10-15(12)13-5-7-16-8-6-13;/h2-11H,1H3;1H/q+1;/p-1. The highest BCUT2D eigenvalue weighted by molar-refractivity contribution is 5.69. The Morgan fingerprint density at radius 3 is 2.61 bits per heavy atom. The highest BCUT2D eigenvalue weighted by Crippen LogP contribution is 2.22. The average Bonchev–Trinajstić information content (AvgIpc) is 2.39. The molecule has 3 rings (SSSR count). The third kappa shape index (κ3) is 2.27. The lowest BCUT2D eigenvalue weighted by Gasteiger charge is -2.03. The Balaban J connectivity index is 0.00000120. The molecule has 0 spiro atoms. The van der Waals surface area contributed by atoms with E-state index in [1.807, 2.05) is 30.6 Å². The summed E-state index contributed by atoms with van der Waals surface area (Å²) in [6.07, 6.45) is 7.89. The van der Waals surface area contributed by atoms with Crippen molar-refractivity contribution in [3.05, 3.63) is 66.7 Å². The van der Waals surface area contributed by atoms with Crippen LogP contribution in [0.15, 0.2) is 61.2 Å². The summed E-state index contributed by atoms with van der Waals surface area (Å²) in [5, 5.41) is 0. The van der Waals surface area contributed by atoms with Crippen molar-refractivity contribution in [2.24, 2.45) is 0 Å². The Morgan fingerprint density at radius 2 is 1.83 bits per heavy atom. The molecule has 0 atom stereocenters. The first-order valence-corrected chi connectivity index (χ1v) is 5.66. The number of halogens is 1. The second-order valence-corrected chi connectivity index (χ2v) is 4.14. The van der Waals surface area contributed by atoms with Crippen molar-refractivity contribution >= 4 is 5.52 Å². The Kier molecular flexibility index (Phi) is 3.72. The minimum Gasteiger partial charge on any atom is -1.00 e. The molecule has 0 aromatic carbocycles. The van der Waals surface area contributed by atoms with E-state index in [4.69, 9.17) is 0 Å². The highest BCUT2D eigenvalue weighted by atomic mass is 79.9. The van der Waals surface area contributed by atoms with Gasteiger partial charge in [0.2, 0.25) is 5.52 Å². The van der Waals surface area contributed by atoms with Gasteiger partial charge in [-0.1, -0.05) is 0 Å². The highest BCUT2D eigenvalue weighted by Gasteiger charge is 2.08. The van der Waals surface area contributed by atoms with E-state index in [1.165, 1.54) is 22.2 Å². The van der Waals surface area contributed by atoms with Gasteiger partial charge in [0.1, 0.15) is 0 Å². The van der Waals surface area contributed by atoms with E-state index in [0.717, 1.165) is 0 Å². The molecule has 0 unspecified atom stereocenters. The van der Waals surface area contributed by atoms with Crippen LogP contribution < -0.4 is 21.4 Å². The summed E-state index contributed by atoms with van der Waals surface area (Å²) in [7, 11) is 0. The number of pyridine rings is 3. The maximum absolute atomic E-state index is 4.06. The van der Waals surface area contributed by atoms with Crippen LogP contribution in [0.3, 0.4) is 0 Å². The summed E-state index contributed by atoms with van der Waals surface area (Å²) in [4.78, 5) is 4.06. The summed E-state index contributed by atoms with van der Waals surface area (Å²) < 4.78 is 2.14. The summed E-state index contributed by atoms with van der Waals surface area (Å²) in [5.41, 5.74) is 4.94. The monoisotopic (exact) mass is 300 g/mol.